The molecule has 86 valence electrons. The number of phenolic OH excluding ortho intramolecular Hbond substituents is 1. The van der Waals surface area contributed by atoms with E-state index in [1.54, 1.807) is 0 Å². The molecule has 0 aromatic heterocycles. The summed E-state index contributed by atoms with van der Waals surface area (Å²) in [5.41, 5.74) is 0.675. The molecular weight excluding hydrogens is 207 g/mol. The molecule has 0 saturated carbocycles. The number of nitrogens with zero attached hydrogens (tertiary/aromatic N) is 1. The van der Waals surface area contributed by atoms with Gasteiger partial charge in [0.05, 0.1) is 12.5 Å². The van der Waals surface area contributed by atoms with Crippen molar-refractivity contribution in [3.05, 3.63) is 29.6 Å². The first-order chi connectivity index (χ1) is 7.65. The Bertz CT molecular complexity index is 367. The Morgan fingerprint density at radius 3 is 2.81 bits per heavy atom. The van der Waals surface area contributed by atoms with Crippen LogP contribution in [-0.4, -0.2) is 11.1 Å². The summed E-state index contributed by atoms with van der Waals surface area (Å²) < 4.78 is 12.9. The molecule has 0 bridgehead atoms. The number of aromatic hydroxyl groups is 1. The highest BCUT2D eigenvalue weighted by Crippen LogP contribution is 2.14. The molecule has 1 aromatic rings. The molecule has 0 heterocycles. The standard InChI is InChI=1S/C12H15FN2O/c1-2-11(3-4-14)15-8-9-5-10(13)7-12(16)6-9/h5-7,11,15-16H,2-3,8H2,1H3. The van der Waals surface area contributed by atoms with Gasteiger partial charge in [-0.15, -0.1) is 0 Å². The van der Waals surface area contributed by atoms with E-state index in [0.29, 0.717) is 18.5 Å². The number of nitrogens with one attached hydrogen (secondary N) is 1. The highest BCUT2D eigenvalue weighted by atomic mass is 19.1. The van der Waals surface area contributed by atoms with Crippen LogP contribution in [0.3, 0.4) is 0 Å². The quantitative estimate of drug-likeness (QED) is 0.803. The van der Waals surface area contributed by atoms with Crippen LogP contribution < -0.4 is 5.32 Å². The minimum absolute atomic E-state index is 0.0786. The van der Waals surface area contributed by atoms with Crippen LogP contribution in [0, 0.1) is 17.1 Å². The predicted octanol–water partition coefficient (Wildman–Crippen LogP) is 2.31. The van der Waals surface area contributed by atoms with Gasteiger partial charge in [0.25, 0.3) is 0 Å². The molecule has 1 atom stereocenters. The smallest absolute Gasteiger partial charge is 0.127 e. The van der Waals surface area contributed by atoms with E-state index < -0.39 is 5.82 Å². The maximum Gasteiger partial charge on any atom is 0.127 e. The molecule has 0 fully saturated rings. The Labute approximate surface area is 94.5 Å². The van der Waals surface area contributed by atoms with Gasteiger partial charge in [0.1, 0.15) is 11.6 Å². The van der Waals surface area contributed by atoms with Crippen molar-refractivity contribution in [1.82, 2.24) is 5.32 Å². The Hall–Kier alpha value is -1.60. The molecule has 0 spiro atoms. The molecule has 0 radical (unpaired) electrons. The highest BCUT2D eigenvalue weighted by Gasteiger charge is 2.05. The minimum Gasteiger partial charge on any atom is -0.508 e. The molecule has 4 heteroatoms. The van der Waals surface area contributed by atoms with Gasteiger partial charge < -0.3 is 10.4 Å². The third-order valence-corrected chi connectivity index (χ3v) is 2.37. The van der Waals surface area contributed by atoms with E-state index in [0.717, 1.165) is 12.5 Å². The van der Waals surface area contributed by atoms with Crippen LogP contribution in [0.25, 0.3) is 0 Å². The van der Waals surface area contributed by atoms with Gasteiger partial charge in [-0.3, -0.25) is 0 Å². The number of nitriles is 1. The molecule has 0 saturated heterocycles. The average molecular weight is 222 g/mol. The summed E-state index contributed by atoms with van der Waals surface area (Å²) in [4.78, 5) is 0. The van der Waals surface area contributed by atoms with Crippen LogP contribution in [0.4, 0.5) is 4.39 Å². The molecule has 1 unspecified atom stereocenters. The first-order valence-corrected chi connectivity index (χ1v) is 5.24. The predicted molar refractivity (Wildman–Crippen MR) is 59.2 cm³/mol. The van der Waals surface area contributed by atoms with Gasteiger partial charge in [0.15, 0.2) is 0 Å². The lowest BCUT2D eigenvalue weighted by Gasteiger charge is -2.13. The van der Waals surface area contributed by atoms with Gasteiger partial charge in [-0.25, -0.2) is 4.39 Å². The molecule has 0 aliphatic rings. The van der Waals surface area contributed by atoms with Crippen molar-refractivity contribution in [3.8, 4) is 11.8 Å². The van der Waals surface area contributed by atoms with Crippen LogP contribution in [-0.2, 0) is 6.54 Å². The minimum atomic E-state index is -0.454. The molecule has 0 aliphatic carbocycles. The van der Waals surface area contributed by atoms with Gasteiger partial charge in [-0.05, 0) is 24.1 Å². The lowest BCUT2D eigenvalue weighted by Crippen LogP contribution is -2.27. The fourth-order valence-electron chi connectivity index (χ4n) is 1.47. The zero-order chi connectivity index (χ0) is 12.0. The van der Waals surface area contributed by atoms with Crippen molar-refractivity contribution in [2.75, 3.05) is 0 Å². The van der Waals surface area contributed by atoms with E-state index >= 15 is 0 Å². The average Bonchev–Trinajstić information content (AvgIpc) is 2.23. The maximum absolute atomic E-state index is 12.9. The number of hydrogen-bond acceptors (Lipinski definition) is 3. The van der Waals surface area contributed by atoms with Crippen molar-refractivity contribution in [2.24, 2.45) is 0 Å². The fourth-order valence-corrected chi connectivity index (χ4v) is 1.47. The molecule has 0 amide bonds. The van der Waals surface area contributed by atoms with E-state index in [9.17, 15) is 9.50 Å². The lowest BCUT2D eigenvalue weighted by atomic mass is 10.1. The van der Waals surface area contributed by atoms with Crippen LogP contribution in [0.1, 0.15) is 25.3 Å². The summed E-state index contributed by atoms with van der Waals surface area (Å²) >= 11 is 0. The Kier molecular flexibility index (Phi) is 4.74. The van der Waals surface area contributed by atoms with Crippen LogP contribution in [0.15, 0.2) is 18.2 Å². The van der Waals surface area contributed by atoms with E-state index in [1.807, 2.05) is 6.92 Å². The number of halogens is 1. The van der Waals surface area contributed by atoms with Crippen molar-refractivity contribution in [2.45, 2.75) is 32.4 Å². The van der Waals surface area contributed by atoms with Crippen LogP contribution >= 0.6 is 0 Å². The first kappa shape index (κ1) is 12.5. The van der Waals surface area contributed by atoms with Gasteiger partial charge in [0, 0.05) is 18.7 Å². The van der Waals surface area contributed by atoms with Gasteiger partial charge >= 0.3 is 0 Å². The number of phenols is 1. The topological polar surface area (TPSA) is 56.0 Å². The summed E-state index contributed by atoms with van der Waals surface area (Å²) in [5.74, 6) is -0.532. The number of rotatable bonds is 5. The Morgan fingerprint density at radius 1 is 1.50 bits per heavy atom. The molecular formula is C12H15FN2O. The monoisotopic (exact) mass is 222 g/mol. The fraction of sp³-hybridized carbons (Fsp3) is 0.417. The number of benzene rings is 1. The summed E-state index contributed by atoms with van der Waals surface area (Å²) in [7, 11) is 0. The van der Waals surface area contributed by atoms with Gasteiger partial charge in [0.2, 0.25) is 0 Å². The maximum atomic E-state index is 12.9. The highest BCUT2D eigenvalue weighted by molar-refractivity contribution is 5.28. The molecule has 1 aromatic carbocycles. The largest absolute Gasteiger partial charge is 0.508 e. The van der Waals surface area contributed by atoms with Crippen molar-refractivity contribution in [3.63, 3.8) is 0 Å². The summed E-state index contributed by atoms with van der Waals surface area (Å²) in [6.07, 6.45) is 1.27. The first-order valence-electron chi connectivity index (χ1n) is 5.24. The van der Waals surface area contributed by atoms with Crippen molar-refractivity contribution in [1.29, 1.82) is 5.26 Å². The second-order valence-electron chi connectivity index (χ2n) is 3.67. The van der Waals surface area contributed by atoms with E-state index in [-0.39, 0.29) is 11.8 Å². The van der Waals surface area contributed by atoms with Crippen molar-refractivity contribution >= 4 is 0 Å². The zero-order valence-corrected chi connectivity index (χ0v) is 9.20. The normalized spacial score (nSPS) is 12.1. The van der Waals surface area contributed by atoms with Crippen LogP contribution in [0.5, 0.6) is 5.75 Å². The van der Waals surface area contributed by atoms with E-state index in [4.69, 9.17) is 5.26 Å². The van der Waals surface area contributed by atoms with Crippen LogP contribution in [0.2, 0.25) is 0 Å². The van der Waals surface area contributed by atoms with Gasteiger partial charge in [-0.1, -0.05) is 6.92 Å². The second-order valence-corrected chi connectivity index (χ2v) is 3.67. The number of hydrogen-bond donors (Lipinski definition) is 2. The molecule has 3 nitrogen and oxygen atoms in total. The third-order valence-electron chi connectivity index (χ3n) is 2.37. The lowest BCUT2D eigenvalue weighted by molar-refractivity contribution is 0.464. The van der Waals surface area contributed by atoms with E-state index in [1.165, 1.54) is 12.1 Å². The Balaban J connectivity index is 2.57. The Morgan fingerprint density at radius 2 is 2.25 bits per heavy atom. The molecule has 0 aliphatic heterocycles. The summed E-state index contributed by atoms with van der Waals surface area (Å²) in [5, 5.41) is 20.9. The van der Waals surface area contributed by atoms with E-state index in [2.05, 4.69) is 11.4 Å². The SMILES string of the molecule is CCC(CC#N)NCc1cc(O)cc(F)c1. The molecule has 16 heavy (non-hydrogen) atoms. The second kappa shape index (κ2) is 6.09. The third kappa shape index (κ3) is 3.87. The summed E-state index contributed by atoms with van der Waals surface area (Å²) in [6.45, 7) is 2.43. The zero-order valence-electron chi connectivity index (χ0n) is 9.20. The molecule has 2 N–H and O–H groups in total. The molecule has 1 rings (SSSR count). The van der Waals surface area contributed by atoms with Gasteiger partial charge in [-0.2, -0.15) is 5.26 Å². The summed E-state index contributed by atoms with van der Waals surface area (Å²) in [6, 6.07) is 6.14. The van der Waals surface area contributed by atoms with Crippen molar-refractivity contribution < 1.29 is 9.50 Å².